The van der Waals surface area contributed by atoms with Crippen molar-refractivity contribution in [3.8, 4) is 11.5 Å². The summed E-state index contributed by atoms with van der Waals surface area (Å²) in [5, 5.41) is 9.50. The summed E-state index contributed by atoms with van der Waals surface area (Å²) < 4.78 is 18.1. The summed E-state index contributed by atoms with van der Waals surface area (Å²) >= 11 is 0. The molecule has 2 rings (SSSR count). The Morgan fingerprint density at radius 3 is 2.55 bits per heavy atom. The molecule has 0 spiro atoms. The van der Waals surface area contributed by atoms with Gasteiger partial charge in [0.15, 0.2) is 17.3 Å². The number of hydrogen-bond donors (Lipinski definition) is 1. The van der Waals surface area contributed by atoms with E-state index in [4.69, 9.17) is 4.74 Å². The number of carbonyl (C=O) groups excluding carboxylic acids is 1. The quantitative estimate of drug-likeness (QED) is 0.685. The number of para-hydroxylation sites is 1. The topological polar surface area (TPSA) is 46.5 Å². The van der Waals surface area contributed by atoms with Crippen molar-refractivity contribution in [2.45, 2.75) is 0 Å². The predicted octanol–water partition coefficient (Wildman–Crippen LogP) is 3.44. The summed E-state index contributed by atoms with van der Waals surface area (Å²) in [6.45, 7) is 0. The number of aromatic hydroxyl groups is 1. The molecule has 0 aromatic heterocycles. The molecule has 0 saturated carbocycles. The van der Waals surface area contributed by atoms with Crippen molar-refractivity contribution in [3.05, 3.63) is 65.5 Å². The summed E-state index contributed by atoms with van der Waals surface area (Å²) in [5.41, 5.74) is 0.741. The number of phenolic OH excluding ortho intramolecular Hbond substituents is 1. The second-order valence-electron chi connectivity index (χ2n) is 4.10. The largest absolute Gasteiger partial charge is 0.504 e. The zero-order chi connectivity index (χ0) is 14.5. The molecule has 0 unspecified atom stereocenters. The number of ether oxygens (including phenoxy) is 1. The molecule has 3 nitrogen and oxygen atoms in total. The maximum atomic E-state index is 13.1. The number of phenols is 1. The van der Waals surface area contributed by atoms with Crippen molar-refractivity contribution in [1.29, 1.82) is 0 Å². The van der Waals surface area contributed by atoms with Crippen molar-refractivity contribution in [1.82, 2.24) is 0 Å². The normalized spacial score (nSPS) is 10.7. The molecule has 0 saturated heterocycles. The second kappa shape index (κ2) is 6.02. The summed E-state index contributed by atoms with van der Waals surface area (Å²) in [6, 6.07) is 10.8. The van der Waals surface area contributed by atoms with Crippen molar-refractivity contribution in [3.63, 3.8) is 0 Å². The molecule has 0 aliphatic rings. The molecule has 0 aliphatic carbocycles. The van der Waals surface area contributed by atoms with Crippen LogP contribution in [0.2, 0.25) is 0 Å². The molecule has 0 radical (unpaired) electrons. The van der Waals surface area contributed by atoms with Crippen LogP contribution in [0, 0.1) is 5.82 Å². The first-order valence-electron chi connectivity index (χ1n) is 5.96. The Labute approximate surface area is 115 Å². The van der Waals surface area contributed by atoms with Crippen LogP contribution in [0.5, 0.6) is 11.5 Å². The van der Waals surface area contributed by atoms with Gasteiger partial charge in [0.25, 0.3) is 0 Å². The summed E-state index contributed by atoms with van der Waals surface area (Å²) in [6.07, 6.45) is 2.67. The van der Waals surface area contributed by atoms with E-state index < -0.39 is 11.6 Å². The first-order valence-corrected chi connectivity index (χ1v) is 5.96. The van der Waals surface area contributed by atoms with E-state index in [1.54, 1.807) is 31.4 Å². The van der Waals surface area contributed by atoms with Crippen molar-refractivity contribution >= 4 is 11.9 Å². The fraction of sp³-hybridized carbons (Fsp3) is 0.0625. The van der Waals surface area contributed by atoms with Crippen LogP contribution in [0.15, 0.2) is 48.5 Å². The van der Waals surface area contributed by atoms with Gasteiger partial charge in [-0.1, -0.05) is 12.1 Å². The molecule has 1 N–H and O–H groups in total. The van der Waals surface area contributed by atoms with Gasteiger partial charge in [-0.25, -0.2) is 4.39 Å². The Balaban J connectivity index is 2.18. The molecular formula is C16H13FO3. The number of hydrogen-bond acceptors (Lipinski definition) is 3. The minimum atomic E-state index is -0.718. The lowest BCUT2D eigenvalue weighted by atomic mass is 10.1. The predicted molar refractivity (Wildman–Crippen MR) is 74.4 cm³/mol. The SMILES string of the molecule is COc1ccc(C(=O)/C=C/c2cccc(F)c2O)cc1. The van der Waals surface area contributed by atoms with E-state index in [2.05, 4.69) is 0 Å². The zero-order valence-corrected chi connectivity index (χ0v) is 10.8. The van der Waals surface area contributed by atoms with Crippen LogP contribution in [-0.2, 0) is 0 Å². The van der Waals surface area contributed by atoms with Gasteiger partial charge in [-0.2, -0.15) is 0 Å². The van der Waals surface area contributed by atoms with E-state index in [1.165, 1.54) is 24.3 Å². The van der Waals surface area contributed by atoms with Crippen LogP contribution in [0.1, 0.15) is 15.9 Å². The van der Waals surface area contributed by atoms with Gasteiger partial charge >= 0.3 is 0 Å². The molecule has 2 aromatic carbocycles. The summed E-state index contributed by atoms with van der Waals surface area (Å²) in [5.74, 6) is -0.764. The smallest absolute Gasteiger partial charge is 0.185 e. The van der Waals surface area contributed by atoms with Gasteiger partial charge in [-0.05, 0) is 42.5 Å². The van der Waals surface area contributed by atoms with Gasteiger partial charge in [-0.15, -0.1) is 0 Å². The van der Waals surface area contributed by atoms with E-state index in [0.29, 0.717) is 11.3 Å². The molecule has 0 heterocycles. The Bertz CT molecular complexity index is 645. The van der Waals surface area contributed by atoms with E-state index >= 15 is 0 Å². The minimum absolute atomic E-state index is 0.240. The third-order valence-electron chi connectivity index (χ3n) is 2.81. The fourth-order valence-corrected chi connectivity index (χ4v) is 1.68. The number of halogens is 1. The van der Waals surface area contributed by atoms with Crippen LogP contribution in [0.3, 0.4) is 0 Å². The lowest BCUT2D eigenvalue weighted by molar-refractivity contribution is 0.104. The van der Waals surface area contributed by atoms with Crippen molar-refractivity contribution < 1.29 is 19.0 Å². The minimum Gasteiger partial charge on any atom is -0.504 e. The fourth-order valence-electron chi connectivity index (χ4n) is 1.68. The highest BCUT2D eigenvalue weighted by molar-refractivity contribution is 6.07. The number of ketones is 1. The van der Waals surface area contributed by atoms with Gasteiger partial charge in [0.2, 0.25) is 0 Å². The molecule has 102 valence electrons. The molecule has 0 amide bonds. The third kappa shape index (κ3) is 3.03. The molecule has 0 fully saturated rings. The van der Waals surface area contributed by atoms with Crippen molar-refractivity contribution in [2.75, 3.05) is 7.11 Å². The van der Waals surface area contributed by atoms with E-state index in [-0.39, 0.29) is 11.3 Å². The third-order valence-corrected chi connectivity index (χ3v) is 2.81. The average Bonchev–Trinajstić information content (AvgIpc) is 2.48. The van der Waals surface area contributed by atoms with Crippen LogP contribution < -0.4 is 4.74 Å². The maximum absolute atomic E-state index is 13.1. The Morgan fingerprint density at radius 2 is 1.90 bits per heavy atom. The number of benzene rings is 2. The second-order valence-corrected chi connectivity index (χ2v) is 4.10. The van der Waals surface area contributed by atoms with Crippen LogP contribution in [-0.4, -0.2) is 18.0 Å². The number of methoxy groups -OCH3 is 1. The lowest BCUT2D eigenvalue weighted by Gasteiger charge is -2.01. The number of rotatable bonds is 4. The van der Waals surface area contributed by atoms with E-state index in [9.17, 15) is 14.3 Å². The molecule has 2 aromatic rings. The van der Waals surface area contributed by atoms with Crippen molar-refractivity contribution in [2.24, 2.45) is 0 Å². The van der Waals surface area contributed by atoms with Crippen LogP contribution in [0.25, 0.3) is 6.08 Å². The standard InChI is InChI=1S/C16H13FO3/c1-20-13-8-5-11(6-9-13)15(18)10-7-12-3-2-4-14(17)16(12)19/h2-10,19H,1H3/b10-7+. The molecule has 0 bridgehead atoms. The maximum Gasteiger partial charge on any atom is 0.185 e. The van der Waals surface area contributed by atoms with E-state index in [1.807, 2.05) is 0 Å². The molecule has 0 atom stereocenters. The number of allylic oxidation sites excluding steroid dienone is 1. The molecule has 0 aliphatic heterocycles. The first kappa shape index (κ1) is 13.8. The van der Waals surface area contributed by atoms with Crippen LogP contribution >= 0.6 is 0 Å². The highest BCUT2D eigenvalue weighted by Crippen LogP contribution is 2.22. The molecule has 20 heavy (non-hydrogen) atoms. The first-order chi connectivity index (χ1) is 9.61. The van der Waals surface area contributed by atoms with Gasteiger partial charge in [0, 0.05) is 11.1 Å². The zero-order valence-electron chi connectivity index (χ0n) is 10.8. The average molecular weight is 272 g/mol. The van der Waals surface area contributed by atoms with Gasteiger partial charge in [0.05, 0.1) is 7.11 Å². The highest BCUT2D eigenvalue weighted by atomic mass is 19.1. The van der Waals surface area contributed by atoms with E-state index in [0.717, 1.165) is 6.07 Å². The summed E-state index contributed by atoms with van der Waals surface area (Å²) in [7, 11) is 1.55. The Morgan fingerprint density at radius 1 is 1.20 bits per heavy atom. The molecular weight excluding hydrogens is 259 g/mol. The van der Waals surface area contributed by atoms with Gasteiger partial charge in [0.1, 0.15) is 5.75 Å². The summed E-state index contributed by atoms with van der Waals surface area (Å²) in [4.78, 5) is 11.9. The Kier molecular flexibility index (Phi) is 4.15. The van der Waals surface area contributed by atoms with Crippen LogP contribution in [0.4, 0.5) is 4.39 Å². The Hall–Kier alpha value is -2.62. The monoisotopic (exact) mass is 272 g/mol. The lowest BCUT2D eigenvalue weighted by Crippen LogP contribution is -1.94. The molecule has 4 heteroatoms. The number of carbonyl (C=O) groups is 1. The van der Waals surface area contributed by atoms with Gasteiger partial charge in [-0.3, -0.25) is 4.79 Å². The highest BCUT2D eigenvalue weighted by Gasteiger charge is 2.05. The van der Waals surface area contributed by atoms with Gasteiger partial charge < -0.3 is 9.84 Å².